The van der Waals surface area contributed by atoms with Crippen LogP contribution in [0.2, 0.25) is 0 Å². The molecule has 1 rings (SSSR count). The molecule has 5 heteroatoms. The van der Waals surface area contributed by atoms with E-state index in [1.165, 1.54) is 6.21 Å². The average Bonchev–Trinajstić information content (AvgIpc) is 2.45. The number of ether oxygens (including phenoxy) is 1. The molecule has 0 heterocycles. The van der Waals surface area contributed by atoms with Gasteiger partial charge >= 0.3 is 5.97 Å². The van der Waals surface area contributed by atoms with Crippen LogP contribution in [0, 0.1) is 11.8 Å². The summed E-state index contributed by atoms with van der Waals surface area (Å²) < 4.78 is 4.96. The lowest BCUT2D eigenvalue weighted by Crippen LogP contribution is -2.35. The van der Waals surface area contributed by atoms with Crippen LogP contribution in [0.15, 0.2) is 35.5 Å². The molecule has 1 aromatic rings. The van der Waals surface area contributed by atoms with Crippen LogP contribution in [0.5, 0.6) is 0 Å². The highest BCUT2D eigenvalue weighted by atomic mass is 16.6. The Balaban J connectivity index is 2.50. The van der Waals surface area contributed by atoms with E-state index in [9.17, 15) is 9.90 Å². The van der Waals surface area contributed by atoms with Gasteiger partial charge in [0.05, 0.1) is 18.7 Å². The number of aliphatic hydroxyl groups excluding tert-OH is 1. The van der Waals surface area contributed by atoms with E-state index < -0.39 is 18.0 Å². The predicted octanol–water partition coefficient (Wildman–Crippen LogP) is 2.39. The lowest BCUT2D eigenvalue weighted by Gasteiger charge is -2.21. The van der Waals surface area contributed by atoms with Crippen LogP contribution in [-0.2, 0) is 21.0 Å². The number of carbonyl (C=O) groups is 1. The quantitative estimate of drug-likeness (QED) is 0.454. The van der Waals surface area contributed by atoms with Crippen molar-refractivity contribution in [3.63, 3.8) is 0 Å². The van der Waals surface area contributed by atoms with Crippen molar-refractivity contribution in [1.29, 1.82) is 0 Å². The fraction of sp³-hybridized carbons (Fsp3) is 0.500. The third-order valence-corrected chi connectivity index (χ3v) is 3.01. The molecule has 0 aliphatic heterocycles. The molecule has 0 aliphatic rings. The molecule has 0 saturated heterocycles. The molecule has 21 heavy (non-hydrogen) atoms. The van der Waals surface area contributed by atoms with Gasteiger partial charge in [0.15, 0.2) is 0 Å². The first kappa shape index (κ1) is 17.2. The number of carbonyl (C=O) groups excluding carboxylic acids is 1. The molecule has 0 fully saturated rings. The minimum atomic E-state index is -1.03. The summed E-state index contributed by atoms with van der Waals surface area (Å²) in [4.78, 5) is 16.9. The molecule has 0 aromatic heterocycles. The maximum atomic E-state index is 11.8. The minimum Gasteiger partial charge on any atom is -0.466 e. The number of oxime groups is 1. The monoisotopic (exact) mass is 293 g/mol. The summed E-state index contributed by atoms with van der Waals surface area (Å²) in [7, 11) is 0. The lowest BCUT2D eigenvalue weighted by molar-refractivity contribution is -0.152. The van der Waals surface area contributed by atoms with Crippen LogP contribution in [0.3, 0.4) is 0 Å². The van der Waals surface area contributed by atoms with Gasteiger partial charge in [-0.3, -0.25) is 4.79 Å². The van der Waals surface area contributed by atoms with Crippen molar-refractivity contribution in [3.05, 3.63) is 35.9 Å². The Kier molecular flexibility index (Phi) is 7.46. The van der Waals surface area contributed by atoms with E-state index in [-0.39, 0.29) is 12.5 Å². The zero-order chi connectivity index (χ0) is 15.7. The predicted molar refractivity (Wildman–Crippen MR) is 80.7 cm³/mol. The van der Waals surface area contributed by atoms with Gasteiger partial charge in [-0.25, -0.2) is 0 Å². The molecule has 0 radical (unpaired) electrons. The number of benzene rings is 1. The highest BCUT2D eigenvalue weighted by Gasteiger charge is 2.30. The molecule has 1 aromatic carbocycles. The van der Waals surface area contributed by atoms with E-state index in [4.69, 9.17) is 9.57 Å². The van der Waals surface area contributed by atoms with Gasteiger partial charge in [0.25, 0.3) is 0 Å². The van der Waals surface area contributed by atoms with Crippen molar-refractivity contribution in [2.24, 2.45) is 17.0 Å². The van der Waals surface area contributed by atoms with Crippen LogP contribution < -0.4 is 0 Å². The molecule has 0 bridgehead atoms. The molecule has 2 atom stereocenters. The smallest absolute Gasteiger partial charge is 0.312 e. The Bertz CT molecular complexity index is 445. The summed E-state index contributed by atoms with van der Waals surface area (Å²) in [5, 5.41) is 13.8. The van der Waals surface area contributed by atoms with Crippen molar-refractivity contribution in [2.75, 3.05) is 6.61 Å². The number of nitrogens with zero attached hydrogens (tertiary/aromatic N) is 1. The minimum absolute atomic E-state index is 0.0559. The van der Waals surface area contributed by atoms with Crippen molar-refractivity contribution in [3.8, 4) is 0 Å². The highest BCUT2D eigenvalue weighted by Crippen LogP contribution is 2.17. The number of aliphatic hydroxyl groups is 1. The van der Waals surface area contributed by atoms with E-state index in [2.05, 4.69) is 5.16 Å². The van der Waals surface area contributed by atoms with Crippen molar-refractivity contribution in [2.45, 2.75) is 33.5 Å². The number of rotatable bonds is 8. The summed E-state index contributed by atoms with van der Waals surface area (Å²) in [6.45, 7) is 6.04. The van der Waals surface area contributed by atoms with Gasteiger partial charge in [-0.1, -0.05) is 49.3 Å². The Morgan fingerprint density at radius 1 is 1.33 bits per heavy atom. The molecule has 0 spiro atoms. The maximum Gasteiger partial charge on any atom is 0.312 e. The maximum absolute atomic E-state index is 11.8. The van der Waals surface area contributed by atoms with E-state index >= 15 is 0 Å². The summed E-state index contributed by atoms with van der Waals surface area (Å²) in [5.41, 5.74) is 0.981. The standard InChI is InChI=1S/C16H23NO4/c1-4-20-16(19)15(12(2)3)14(18)10-17-21-11-13-8-6-5-7-9-13/h5-10,12,14-15,18H,4,11H2,1-3H3/b17-10-. The molecule has 2 unspecified atom stereocenters. The molecule has 0 saturated carbocycles. The second-order valence-electron chi connectivity index (χ2n) is 5.03. The Labute approximate surface area is 125 Å². The van der Waals surface area contributed by atoms with Crippen molar-refractivity contribution < 1.29 is 19.5 Å². The molecule has 1 N–H and O–H groups in total. The fourth-order valence-corrected chi connectivity index (χ4v) is 1.93. The van der Waals surface area contributed by atoms with Gasteiger partial charge in [0.1, 0.15) is 12.7 Å². The SMILES string of the molecule is CCOC(=O)C(C(C)C)C(O)/C=N\OCc1ccccc1. The van der Waals surface area contributed by atoms with Crippen LogP contribution in [0.25, 0.3) is 0 Å². The summed E-state index contributed by atoms with van der Waals surface area (Å²) >= 11 is 0. The Morgan fingerprint density at radius 3 is 2.57 bits per heavy atom. The van der Waals surface area contributed by atoms with Crippen molar-refractivity contribution >= 4 is 12.2 Å². The Hall–Kier alpha value is -1.88. The largest absolute Gasteiger partial charge is 0.466 e. The van der Waals surface area contributed by atoms with E-state index in [1.54, 1.807) is 6.92 Å². The third-order valence-electron chi connectivity index (χ3n) is 3.01. The van der Waals surface area contributed by atoms with E-state index in [0.717, 1.165) is 5.56 Å². The number of esters is 1. The topological polar surface area (TPSA) is 68.1 Å². The summed E-state index contributed by atoms with van der Waals surface area (Å²) in [6, 6.07) is 9.58. The van der Waals surface area contributed by atoms with Gasteiger partial charge in [0, 0.05) is 0 Å². The third kappa shape index (κ3) is 5.95. The van der Waals surface area contributed by atoms with E-state index in [1.807, 2.05) is 44.2 Å². The second kappa shape index (κ2) is 9.13. The van der Waals surface area contributed by atoms with Crippen LogP contribution >= 0.6 is 0 Å². The molecule has 116 valence electrons. The Morgan fingerprint density at radius 2 is 2.00 bits per heavy atom. The first-order valence-electron chi connectivity index (χ1n) is 7.10. The van der Waals surface area contributed by atoms with E-state index in [0.29, 0.717) is 6.61 Å². The molecular formula is C16H23NO4. The zero-order valence-corrected chi connectivity index (χ0v) is 12.7. The van der Waals surface area contributed by atoms with Gasteiger partial charge in [-0.05, 0) is 18.4 Å². The van der Waals surface area contributed by atoms with Crippen LogP contribution in [0.4, 0.5) is 0 Å². The number of hydrogen-bond acceptors (Lipinski definition) is 5. The van der Waals surface area contributed by atoms with Crippen LogP contribution in [0.1, 0.15) is 26.3 Å². The summed E-state index contributed by atoms with van der Waals surface area (Å²) in [5.74, 6) is -1.12. The number of hydrogen-bond donors (Lipinski definition) is 1. The summed E-state index contributed by atoms with van der Waals surface area (Å²) in [6.07, 6.45) is 0.213. The van der Waals surface area contributed by atoms with Gasteiger partial charge in [-0.2, -0.15) is 0 Å². The first-order valence-corrected chi connectivity index (χ1v) is 7.10. The zero-order valence-electron chi connectivity index (χ0n) is 12.7. The molecule has 0 aliphatic carbocycles. The lowest BCUT2D eigenvalue weighted by atomic mass is 9.91. The molecule has 5 nitrogen and oxygen atoms in total. The normalized spacial score (nSPS) is 14.1. The second-order valence-corrected chi connectivity index (χ2v) is 5.03. The van der Waals surface area contributed by atoms with Crippen molar-refractivity contribution in [1.82, 2.24) is 0 Å². The van der Waals surface area contributed by atoms with Crippen LogP contribution in [-0.4, -0.2) is 30.0 Å². The van der Waals surface area contributed by atoms with Gasteiger partial charge < -0.3 is 14.7 Å². The van der Waals surface area contributed by atoms with Gasteiger partial charge in [0.2, 0.25) is 0 Å². The van der Waals surface area contributed by atoms with Gasteiger partial charge in [-0.15, -0.1) is 0 Å². The fourth-order valence-electron chi connectivity index (χ4n) is 1.93. The molecular weight excluding hydrogens is 270 g/mol. The highest BCUT2D eigenvalue weighted by molar-refractivity contribution is 5.79. The first-order chi connectivity index (χ1) is 10.1. The average molecular weight is 293 g/mol. The molecule has 0 amide bonds.